The lowest BCUT2D eigenvalue weighted by Gasteiger charge is -2.32. The van der Waals surface area contributed by atoms with Gasteiger partial charge < -0.3 is 10.2 Å². The number of aryl methyl sites for hydroxylation is 1. The summed E-state index contributed by atoms with van der Waals surface area (Å²) in [5.74, 6) is -1.52. The van der Waals surface area contributed by atoms with Gasteiger partial charge in [0.1, 0.15) is 18.4 Å². The maximum Gasteiger partial charge on any atom is 0.264 e. The number of nitrogens with one attached hydrogen (secondary N) is 1. The zero-order valence-electron chi connectivity index (χ0n) is 22.7. The number of halogens is 3. The Labute approximate surface area is 244 Å². The van der Waals surface area contributed by atoms with Crippen LogP contribution in [0, 0.1) is 12.7 Å². The van der Waals surface area contributed by atoms with Crippen molar-refractivity contribution < 1.29 is 22.4 Å². The first-order chi connectivity index (χ1) is 18.8. The number of carbonyl (C=O) groups is 2. The molecule has 0 aromatic heterocycles. The van der Waals surface area contributed by atoms with Crippen molar-refractivity contribution in [2.45, 2.75) is 57.6 Å². The number of amides is 2. The van der Waals surface area contributed by atoms with Crippen LogP contribution in [0.3, 0.4) is 0 Å². The molecule has 0 saturated carbocycles. The normalized spacial score (nSPS) is 12.9. The minimum absolute atomic E-state index is 0.0153. The fourth-order valence-electron chi connectivity index (χ4n) is 3.87. The van der Waals surface area contributed by atoms with Gasteiger partial charge in [0.15, 0.2) is 0 Å². The molecule has 0 aliphatic rings. The standard InChI is InChI=1S/C29H32Cl2FN3O4S/c1-5-20(3)33-29(37)21(4)34(17-22-11-13-23(32)14-12-22)27(36)18-35(26-8-6-7-25(30)28(26)31)40(38,39)24-15-9-19(2)10-16-24/h6-16,20-21H,5,17-18H2,1-4H3,(H,33,37)/t20-,21+/m1/s1. The maximum absolute atomic E-state index is 13.9. The lowest BCUT2D eigenvalue weighted by atomic mass is 10.1. The highest BCUT2D eigenvalue weighted by atomic mass is 35.5. The van der Waals surface area contributed by atoms with Crippen molar-refractivity contribution in [1.82, 2.24) is 10.2 Å². The van der Waals surface area contributed by atoms with E-state index in [1.807, 2.05) is 20.8 Å². The Morgan fingerprint density at radius 1 is 0.975 bits per heavy atom. The van der Waals surface area contributed by atoms with E-state index in [0.717, 1.165) is 9.87 Å². The third-order valence-electron chi connectivity index (χ3n) is 6.52. The van der Waals surface area contributed by atoms with Crippen molar-refractivity contribution in [3.05, 3.63) is 93.7 Å². The molecule has 0 aliphatic carbocycles. The van der Waals surface area contributed by atoms with Crippen LogP contribution < -0.4 is 9.62 Å². The first-order valence-electron chi connectivity index (χ1n) is 12.7. The van der Waals surface area contributed by atoms with Gasteiger partial charge in [-0.05, 0) is 69.2 Å². The predicted octanol–water partition coefficient (Wildman–Crippen LogP) is 5.97. The molecule has 2 amide bonds. The van der Waals surface area contributed by atoms with Gasteiger partial charge in [-0.2, -0.15) is 0 Å². The quantitative estimate of drug-likeness (QED) is 0.291. The summed E-state index contributed by atoms with van der Waals surface area (Å²) in [6.45, 7) is 6.41. The van der Waals surface area contributed by atoms with E-state index in [1.165, 1.54) is 59.5 Å². The Morgan fingerprint density at radius 3 is 2.20 bits per heavy atom. The van der Waals surface area contributed by atoms with E-state index in [1.54, 1.807) is 19.1 Å². The van der Waals surface area contributed by atoms with Gasteiger partial charge in [-0.3, -0.25) is 13.9 Å². The van der Waals surface area contributed by atoms with E-state index in [4.69, 9.17) is 23.2 Å². The minimum atomic E-state index is -4.29. The molecule has 0 radical (unpaired) electrons. The van der Waals surface area contributed by atoms with E-state index in [9.17, 15) is 22.4 Å². The predicted molar refractivity (Wildman–Crippen MR) is 156 cm³/mol. The lowest BCUT2D eigenvalue weighted by Crippen LogP contribution is -2.52. The molecule has 0 fully saturated rings. The smallest absolute Gasteiger partial charge is 0.264 e. The Kier molecular flexibility index (Phi) is 10.6. The van der Waals surface area contributed by atoms with E-state index in [0.29, 0.717) is 12.0 Å². The summed E-state index contributed by atoms with van der Waals surface area (Å²) in [4.78, 5) is 28.2. The number of hydrogen-bond acceptors (Lipinski definition) is 4. The number of hydrogen-bond donors (Lipinski definition) is 1. The minimum Gasteiger partial charge on any atom is -0.352 e. The van der Waals surface area contributed by atoms with E-state index in [-0.39, 0.29) is 33.2 Å². The van der Waals surface area contributed by atoms with Gasteiger partial charge in [-0.15, -0.1) is 0 Å². The Balaban J connectivity index is 2.06. The van der Waals surface area contributed by atoms with E-state index >= 15 is 0 Å². The van der Waals surface area contributed by atoms with Crippen LogP contribution in [0.1, 0.15) is 38.3 Å². The van der Waals surface area contributed by atoms with Crippen molar-refractivity contribution in [2.75, 3.05) is 10.8 Å². The zero-order chi connectivity index (χ0) is 29.6. The largest absolute Gasteiger partial charge is 0.352 e. The van der Waals surface area contributed by atoms with Gasteiger partial charge in [-0.25, -0.2) is 12.8 Å². The Bertz CT molecular complexity index is 1450. The average molecular weight is 609 g/mol. The number of anilines is 1. The summed E-state index contributed by atoms with van der Waals surface area (Å²) in [6, 6.07) is 15.1. The first kappa shape index (κ1) is 31.4. The van der Waals surface area contributed by atoms with Gasteiger partial charge in [0.05, 0.1) is 20.6 Å². The molecular formula is C29H32Cl2FN3O4S. The van der Waals surface area contributed by atoms with Crippen LogP contribution >= 0.6 is 23.2 Å². The van der Waals surface area contributed by atoms with Crippen molar-refractivity contribution >= 4 is 50.7 Å². The number of sulfonamides is 1. The number of rotatable bonds is 11. The maximum atomic E-state index is 13.9. The number of carbonyl (C=O) groups excluding carboxylic acids is 2. The molecule has 3 aromatic carbocycles. The second kappa shape index (κ2) is 13.5. The molecule has 0 saturated heterocycles. The molecule has 3 aromatic rings. The van der Waals surface area contributed by atoms with Crippen LogP contribution in [-0.4, -0.2) is 43.8 Å². The molecule has 1 N–H and O–H groups in total. The van der Waals surface area contributed by atoms with Crippen molar-refractivity contribution in [1.29, 1.82) is 0 Å². The van der Waals surface area contributed by atoms with Crippen molar-refractivity contribution in [3.63, 3.8) is 0 Å². The third kappa shape index (κ3) is 7.53. The molecule has 0 spiro atoms. The molecule has 7 nitrogen and oxygen atoms in total. The summed E-state index contributed by atoms with van der Waals surface area (Å²) >= 11 is 12.7. The fourth-order valence-corrected chi connectivity index (χ4v) is 5.74. The molecule has 0 heterocycles. The summed E-state index contributed by atoms with van der Waals surface area (Å²) in [6.07, 6.45) is 0.681. The molecule has 3 rings (SSSR count). The molecule has 0 bridgehead atoms. The highest BCUT2D eigenvalue weighted by molar-refractivity contribution is 7.92. The lowest BCUT2D eigenvalue weighted by molar-refractivity contribution is -0.139. The molecule has 0 aliphatic heterocycles. The zero-order valence-corrected chi connectivity index (χ0v) is 25.0. The Hall–Kier alpha value is -3.14. The average Bonchev–Trinajstić information content (AvgIpc) is 2.92. The fraction of sp³-hybridized carbons (Fsp3) is 0.310. The van der Waals surface area contributed by atoms with Crippen LogP contribution in [0.25, 0.3) is 0 Å². The van der Waals surface area contributed by atoms with E-state index < -0.39 is 40.2 Å². The van der Waals surface area contributed by atoms with Crippen molar-refractivity contribution in [2.24, 2.45) is 0 Å². The number of benzene rings is 3. The van der Waals surface area contributed by atoms with Gasteiger partial charge in [-0.1, -0.05) is 66.0 Å². The summed E-state index contributed by atoms with van der Waals surface area (Å²) in [5.41, 5.74) is 1.43. The highest BCUT2D eigenvalue weighted by Gasteiger charge is 2.34. The van der Waals surface area contributed by atoms with Crippen LogP contribution in [0.2, 0.25) is 10.0 Å². The Morgan fingerprint density at radius 2 is 1.60 bits per heavy atom. The third-order valence-corrected chi connectivity index (χ3v) is 9.11. The van der Waals surface area contributed by atoms with Crippen molar-refractivity contribution in [3.8, 4) is 0 Å². The molecule has 0 unspecified atom stereocenters. The monoisotopic (exact) mass is 607 g/mol. The van der Waals surface area contributed by atoms with Gasteiger partial charge in [0, 0.05) is 12.6 Å². The molecule has 214 valence electrons. The second-order valence-electron chi connectivity index (χ2n) is 9.54. The van der Waals surface area contributed by atoms with Gasteiger partial charge in [0.2, 0.25) is 11.8 Å². The summed E-state index contributed by atoms with van der Waals surface area (Å²) in [5, 5.41) is 2.93. The van der Waals surface area contributed by atoms with Crippen LogP contribution in [0.15, 0.2) is 71.6 Å². The van der Waals surface area contributed by atoms with Crippen LogP contribution in [0.4, 0.5) is 10.1 Å². The van der Waals surface area contributed by atoms with Crippen LogP contribution in [0.5, 0.6) is 0 Å². The van der Waals surface area contributed by atoms with E-state index in [2.05, 4.69) is 5.32 Å². The number of nitrogens with zero attached hydrogens (tertiary/aromatic N) is 2. The van der Waals surface area contributed by atoms with Crippen LogP contribution in [-0.2, 0) is 26.2 Å². The summed E-state index contributed by atoms with van der Waals surface area (Å²) in [7, 11) is -4.29. The topological polar surface area (TPSA) is 86.8 Å². The molecular weight excluding hydrogens is 576 g/mol. The van der Waals surface area contributed by atoms with Gasteiger partial charge >= 0.3 is 0 Å². The molecule has 2 atom stereocenters. The summed E-state index contributed by atoms with van der Waals surface area (Å²) < 4.78 is 42.2. The first-order valence-corrected chi connectivity index (χ1v) is 14.9. The highest BCUT2D eigenvalue weighted by Crippen LogP contribution is 2.35. The van der Waals surface area contributed by atoms with Gasteiger partial charge in [0.25, 0.3) is 10.0 Å². The molecule has 11 heteroatoms. The second-order valence-corrected chi connectivity index (χ2v) is 12.2. The molecule has 40 heavy (non-hydrogen) atoms. The SMILES string of the molecule is CC[C@@H](C)NC(=O)[C@H](C)N(Cc1ccc(F)cc1)C(=O)CN(c1cccc(Cl)c1Cl)S(=O)(=O)c1ccc(C)cc1.